The predicted octanol–water partition coefficient (Wildman–Crippen LogP) is 6.50. The number of anilines is 1. The molecule has 0 radical (unpaired) electrons. The van der Waals surface area contributed by atoms with Crippen molar-refractivity contribution < 1.29 is 9.18 Å². The normalized spacial score (nSPS) is 11.1. The summed E-state index contributed by atoms with van der Waals surface area (Å²) < 4.78 is 14.2. The molecule has 0 aliphatic rings. The number of thiazole rings is 1. The molecule has 7 heteroatoms. The zero-order valence-electron chi connectivity index (χ0n) is 17.8. The van der Waals surface area contributed by atoms with Crippen molar-refractivity contribution in [3.8, 4) is 0 Å². The number of fused-ring (bicyclic) bond motifs is 1. The lowest BCUT2D eigenvalue weighted by Crippen LogP contribution is -2.30. The smallest absolute Gasteiger partial charge is 0.229 e. The Labute approximate surface area is 195 Å². The molecule has 0 aliphatic carbocycles. The van der Waals surface area contributed by atoms with Crippen molar-refractivity contribution in [2.24, 2.45) is 0 Å². The largest absolute Gasteiger partial charge is 0.284 e. The van der Waals surface area contributed by atoms with E-state index in [0.717, 1.165) is 44.4 Å². The van der Waals surface area contributed by atoms with Gasteiger partial charge in [0.25, 0.3) is 0 Å². The SMILES string of the molecule is CCc1cccc2sc(N(Cc3cccnc3)C(=O)CCCSc3ccc(F)cc3)nc12. The van der Waals surface area contributed by atoms with Gasteiger partial charge in [-0.2, -0.15) is 0 Å². The van der Waals surface area contributed by atoms with Gasteiger partial charge in [-0.15, -0.1) is 11.8 Å². The van der Waals surface area contributed by atoms with E-state index in [1.165, 1.54) is 17.7 Å². The Morgan fingerprint density at radius 1 is 1.12 bits per heavy atom. The number of hydrogen-bond acceptors (Lipinski definition) is 5. The van der Waals surface area contributed by atoms with Crippen molar-refractivity contribution in [2.45, 2.75) is 37.6 Å². The van der Waals surface area contributed by atoms with Crippen molar-refractivity contribution in [3.05, 3.63) is 83.9 Å². The van der Waals surface area contributed by atoms with Crippen LogP contribution in [0.5, 0.6) is 0 Å². The molecular formula is C25H24FN3OS2. The van der Waals surface area contributed by atoms with Gasteiger partial charge in [0.15, 0.2) is 5.13 Å². The fraction of sp³-hybridized carbons (Fsp3) is 0.240. The molecule has 0 aliphatic heterocycles. The van der Waals surface area contributed by atoms with Crippen LogP contribution in [0.2, 0.25) is 0 Å². The molecule has 4 aromatic rings. The van der Waals surface area contributed by atoms with Crippen molar-refractivity contribution >= 4 is 44.4 Å². The van der Waals surface area contributed by atoms with Crippen molar-refractivity contribution in [2.75, 3.05) is 10.7 Å². The Hall–Kier alpha value is -2.77. The second kappa shape index (κ2) is 10.7. The Balaban J connectivity index is 1.48. The van der Waals surface area contributed by atoms with Crippen LogP contribution in [-0.4, -0.2) is 21.6 Å². The number of amides is 1. The average molecular weight is 466 g/mol. The number of hydrogen-bond donors (Lipinski definition) is 0. The zero-order valence-corrected chi connectivity index (χ0v) is 19.5. The molecule has 0 saturated carbocycles. The summed E-state index contributed by atoms with van der Waals surface area (Å²) in [5, 5.41) is 0.723. The molecule has 0 atom stereocenters. The summed E-state index contributed by atoms with van der Waals surface area (Å²) in [5.41, 5.74) is 3.14. The van der Waals surface area contributed by atoms with Crippen LogP contribution < -0.4 is 4.90 Å². The molecule has 4 rings (SSSR count). The van der Waals surface area contributed by atoms with Gasteiger partial charge in [-0.25, -0.2) is 9.37 Å². The van der Waals surface area contributed by atoms with E-state index in [1.807, 2.05) is 18.2 Å². The van der Waals surface area contributed by atoms with Gasteiger partial charge in [0.2, 0.25) is 5.91 Å². The van der Waals surface area contributed by atoms with Gasteiger partial charge in [-0.3, -0.25) is 14.7 Å². The monoisotopic (exact) mass is 465 g/mol. The lowest BCUT2D eigenvalue weighted by molar-refractivity contribution is -0.118. The minimum absolute atomic E-state index is 0.0469. The second-order valence-electron chi connectivity index (χ2n) is 7.36. The van der Waals surface area contributed by atoms with Crippen molar-refractivity contribution in [1.29, 1.82) is 0 Å². The van der Waals surface area contributed by atoms with Gasteiger partial charge >= 0.3 is 0 Å². The van der Waals surface area contributed by atoms with Gasteiger partial charge in [0, 0.05) is 23.7 Å². The van der Waals surface area contributed by atoms with Crippen molar-refractivity contribution in [3.63, 3.8) is 0 Å². The molecule has 2 aromatic heterocycles. The van der Waals surface area contributed by atoms with Crippen LogP contribution >= 0.6 is 23.1 Å². The minimum atomic E-state index is -0.238. The molecule has 0 unspecified atom stereocenters. The highest BCUT2D eigenvalue weighted by molar-refractivity contribution is 7.99. The summed E-state index contributed by atoms with van der Waals surface area (Å²) in [5.74, 6) is 0.598. The van der Waals surface area contributed by atoms with Crippen molar-refractivity contribution in [1.82, 2.24) is 9.97 Å². The van der Waals surface area contributed by atoms with E-state index in [2.05, 4.69) is 24.0 Å². The number of nitrogens with zero attached hydrogens (tertiary/aromatic N) is 3. The summed E-state index contributed by atoms with van der Waals surface area (Å²) in [4.78, 5) is 25.1. The third kappa shape index (κ3) is 5.53. The second-order valence-corrected chi connectivity index (χ2v) is 9.54. The maximum atomic E-state index is 13.2. The quantitative estimate of drug-likeness (QED) is 0.209. The third-order valence-electron chi connectivity index (χ3n) is 5.08. The molecule has 0 N–H and O–H groups in total. The Morgan fingerprint density at radius 3 is 2.72 bits per heavy atom. The highest BCUT2D eigenvalue weighted by atomic mass is 32.2. The standard InChI is InChI=1S/C25H24FN3OS2/c1-2-19-7-3-8-22-24(19)28-25(32-22)29(17-18-6-4-14-27-16-18)23(30)9-5-15-31-21-12-10-20(26)11-13-21/h3-4,6-8,10-14,16H,2,5,9,15,17H2,1H3. The number of rotatable bonds is 9. The van der Waals surface area contributed by atoms with Crippen LogP contribution in [0, 0.1) is 5.82 Å². The van der Waals surface area contributed by atoms with Gasteiger partial charge in [0.05, 0.1) is 16.8 Å². The number of pyridine rings is 1. The van der Waals surface area contributed by atoms with Gasteiger partial charge in [0.1, 0.15) is 5.82 Å². The molecule has 1 amide bonds. The van der Waals surface area contributed by atoms with E-state index in [9.17, 15) is 9.18 Å². The van der Waals surface area contributed by atoms with E-state index in [0.29, 0.717) is 13.0 Å². The zero-order chi connectivity index (χ0) is 22.3. The number of benzene rings is 2. The number of halogens is 1. The fourth-order valence-corrected chi connectivity index (χ4v) is 5.29. The van der Waals surface area contributed by atoms with E-state index < -0.39 is 0 Å². The lowest BCUT2D eigenvalue weighted by Gasteiger charge is -2.20. The number of aryl methyl sites for hydroxylation is 1. The van der Waals surface area contributed by atoms with Crippen LogP contribution in [0.25, 0.3) is 10.2 Å². The van der Waals surface area contributed by atoms with Crippen LogP contribution in [-0.2, 0) is 17.8 Å². The molecule has 0 fully saturated rings. The van der Waals surface area contributed by atoms with E-state index in [1.54, 1.807) is 52.5 Å². The summed E-state index contributed by atoms with van der Waals surface area (Å²) in [6, 6.07) is 16.5. The average Bonchev–Trinajstić information content (AvgIpc) is 3.26. The molecule has 4 nitrogen and oxygen atoms in total. The first kappa shape index (κ1) is 22.4. The maximum Gasteiger partial charge on any atom is 0.229 e. The first-order valence-electron chi connectivity index (χ1n) is 10.6. The predicted molar refractivity (Wildman–Crippen MR) is 131 cm³/mol. The number of aromatic nitrogens is 2. The molecule has 164 valence electrons. The van der Waals surface area contributed by atoms with Gasteiger partial charge in [-0.05, 0) is 66.1 Å². The lowest BCUT2D eigenvalue weighted by atomic mass is 10.1. The highest BCUT2D eigenvalue weighted by Crippen LogP contribution is 2.32. The minimum Gasteiger partial charge on any atom is -0.284 e. The van der Waals surface area contributed by atoms with Crippen LogP contribution in [0.4, 0.5) is 9.52 Å². The van der Waals surface area contributed by atoms with Gasteiger partial charge in [-0.1, -0.05) is 36.5 Å². The molecule has 2 aromatic carbocycles. The molecule has 0 bridgehead atoms. The molecule has 0 saturated heterocycles. The molecular weight excluding hydrogens is 441 g/mol. The molecule has 0 spiro atoms. The summed E-state index contributed by atoms with van der Waals surface area (Å²) >= 11 is 3.18. The van der Waals surface area contributed by atoms with Gasteiger partial charge < -0.3 is 0 Å². The van der Waals surface area contributed by atoms with Crippen LogP contribution in [0.1, 0.15) is 30.9 Å². The molecule has 2 heterocycles. The number of carbonyl (C=O) groups excluding carboxylic acids is 1. The first-order valence-corrected chi connectivity index (χ1v) is 12.4. The Kier molecular flexibility index (Phi) is 7.50. The topological polar surface area (TPSA) is 46.1 Å². The maximum absolute atomic E-state index is 13.2. The summed E-state index contributed by atoms with van der Waals surface area (Å²) in [6.07, 6.45) is 5.57. The number of carbonyl (C=O) groups is 1. The Morgan fingerprint density at radius 2 is 1.97 bits per heavy atom. The Bertz CT molecular complexity index is 1180. The molecule has 32 heavy (non-hydrogen) atoms. The van der Waals surface area contributed by atoms with Crippen LogP contribution in [0.3, 0.4) is 0 Å². The number of para-hydroxylation sites is 1. The van der Waals surface area contributed by atoms with E-state index in [4.69, 9.17) is 4.98 Å². The van der Waals surface area contributed by atoms with E-state index in [-0.39, 0.29) is 11.7 Å². The highest BCUT2D eigenvalue weighted by Gasteiger charge is 2.20. The summed E-state index contributed by atoms with van der Waals surface area (Å²) in [7, 11) is 0. The van der Waals surface area contributed by atoms with E-state index >= 15 is 0 Å². The first-order chi connectivity index (χ1) is 15.6. The number of thioether (sulfide) groups is 1. The third-order valence-corrected chi connectivity index (χ3v) is 7.23. The van der Waals surface area contributed by atoms with Crippen LogP contribution in [0.15, 0.2) is 71.9 Å². The fourth-order valence-electron chi connectivity index (χ4n) is 3.41. The summed E-state index contributed by atoms with van der Waals surface area (Å²) in [6.45, 7) is 2.56.